The van der Waals surface area contributed by atoms with Crippen molar-refractivity contribution in [3.8, 4) is 5.75 Å². The number of nitrogens with zero attached hydrogens (tertiary/aromatic N) is 2. The highest BCUT2D eigenvalue weighted by Crippen LogP contribution is 2.35. The molecule has 6 nitrogen and oxygen atoms in total. The van der Waals surface area contributed by atoms with Crippen molar-refractivity contribution in [2.45, 2.75) is 50.0 Å². The molecule has 1 aromatic heterocycles. The number of ether oxygens (including phenoxy) is 1. The van der Waals surface area contributed by atoms with E-state index in [0.717, 1.165) is 66.9 Å². The van der Waals surface area contributed by atoms with Crippen molar-refractivity contribution >= 4 is 28.6 Å². The van der Waals surface area contributed by atoms with Crippen LogP contribution in [-0.4, -0.2) is 58.6 Å². The Morgan fingerprint density at radius 3 is 2.84 bits per heavy atom. The molecular formula is C30H38N2O4S. The summed E-state index contributed by atoms with van der Waals surface area (Å²) in [6, 6.07) is 16.0. The maximum Gasteiger partial charge on any atom is 0.303 e. The summed E-state index contributed by atoms with van der Waals surface area (Å²) in [5.74, 6) is 1.47. The van der Waals surface area contributed by atoms with E-state index in [1.807, 2.05) is 36.0 Å². The summed E-state index contributed by atoms with van der Waals surface area (Å²) < 4.78 is 5.36. The van der Waals surface area contributed by atoms with Crippen LogP contribution in [0.1, 0.15) is 49.3 Å². The Morgan fingerprint density at radius 1 is 1.22 bits per heavy atom. The van der Waals surface area contributed by atoms with Gasteiger partial charge in [-0.25, -0.2) is 0 Å². The summed E-state index contributed by atoms with van der Waals surface area (Å²) in [6.45, 7) is 4.95. The molecule has 2 aromatic carbocycles. The molecule has 1 aliphatic rings. The number of thioether (sulfide) groups is 1. The van der Waals surface area contributed by atoms with Crippen molar-refractivity contribution in [1.82, 2.24) is 9.88 Å². The van der Waals surface area contributed by atoms with Crippen LogP contribution >= 0.6 is 11.8 Å². The van der Waals surface area contributed by atoms with Crippen molar-refractivity contribution < 1.29 is 19.7 Å². The van der Waals surface area contributed by atoms with E-state index < -0.39 is 12.1 Å². The molecule has 3 atom stereocenters. The fourth-order valence-electron chi connectivity index (χ4n) is 5.47. The lowest BCUT2D eigenvalue weighted by molar-refractivity contribution is -0.139. The number of methoxy groups -OCH3 is 1. The fourth-order valence-corrected chi connectivity index (χ4v) is 6.44. The first-order chi connectivity index (χ1) is 17.9. The zero-order chi connectivity index (χ0) is 26.2. The number of aromatic nitrogens is 1. The first-order valence-corrected chi connectivity index (χ1v) is 14.2. The minimum atomic E-state index is -0.736. The van der Waals surface area contributed by atoms with Crippen LogP contribution in [0.25, 0.3) is 10.9 Å². The third-order valence-electron chi connectivity index (χ3n) is 7.53. The topological polar surface area (TPSA) is 82.9 Å². The van der Waals surface area contributed by atoms with Crippen LogP contribution in [0, 0.1) is 18.8 Å². The number of carboxylic acid groups (broad SMARTS) is 1. The van der Waals surface area contributed by atoms with Gasteiger partial charge >= 0.3 is 5.97 Å². The van der Waals surface area contributed by atoms with E-state index in [1.54, 1.807) is 13.3 Å². The van der Waals surface area contributed by atoms with Gasteiger partial charge in [-0.3, -0.25) is 9.78 Å². The predicted molar refractivity (Wildman–Crippen MR) is 149 cm³/mol. The van der Waals surface area contributed by atoms with E-state index in [1.165, 1.54) is 10.5 Å². The van der Waals surface area contributed by atoms with Crippen LogP contribution in [0.2, 0.25) is 0 Å². The number of carboxylic acids is 1. The maximum absolute atomic E-state index is 11.6. The minimum absolute atomic E-state index is 0.108. The summed E-state index contributed by atoms with van der Waals surface area (Å²) in [6.07, 6.45) is 4.76. The van der Waals surface area contributed by atoms with Crippen molar-refractivity contribution in [2.24, 2.45) is 11.8 Å². The first kappa shape index (κ1) is 27.4. The second-order valence-electron chi connectivity index (χ2n) is 10.1. The van der Waals surface area contributed by atoms with Crippen molar-refractivity contribution in [3.05, 3.63) is 65.9 Å². The number of pyridine rings is 1. The number of aliphatic hydroxyl groups is 1. The lowest BCUT2D eigenvalue weighted by atomic mass is 9.79. The quantitative estimate of drug-likeness (QED) is 0.224. The molecule has 0 aliphatic carbocycles. The van der Waals surface area contributed by atoms with Gasteiger partial charge in [-0.1, -0.05) is 18.2 Å². The molecule has 4 rings (SSSR count). The average Bonchev–Trinajstić information content (AvgIpc) is 2.90. The van der Waals surface area contributed by atoms with Crippen LogP contribution < -0.4 is 4.74 Å². The van der Waals surface area contributed by atoms with E-state index in [0.29, 0.717) is 12.3 Å². The number of carbonyl (C=O) groups is 1. The lowest BCUT2D eigenvalue weighted by Gasteiger charge is -2.38. The number of likely N-dealkylation sites (tertiary alicyclic amines) is 1. The lowest BCUT2D eigenvalue weighted by Crippen LogP contribution is -2.42. The minimum Gasteiger partial charge on any atom is -0.497 e. The van der Waals surface area contributed by atoms with Gasteiger partial charge in [0, 0.05) is 29.4 Å². The molecule has 0 saturated carbocycles. The van der Waals surface area contributed by atoms with Gasteiger partial charge in [-0.15, -0.1) is 11.8 Å². The smallest absolute Gasteiger partial charge is 0.303 e. The molecule has 2 heterocycles. The Labute approximate surface area is 224 Å². The van der Waals surface area contributed by atoms with E-state index >= 15 is 0 Å². The molecule has 0 bridgehead atoms. The van der Waals surface area contributed by atoms with Crippen LogP contribution in [0.5, 0.6) is 5.75 Å². The Hall–Kier alpha value is -2.61. The second-order valence-corrected chi connectivity index (χ2v) is 11.2. The Balaban J connectivity index is 1.31. The van der Waals surface area contributed by atoms with Crippen LogP contribution in [0.15, 0.2) is 59.6 Å². The number of rotatable bonds is 12. The Bertz CT molecular complexity index is 1190. The number of piperidine rings is 1. The summed E-state index contributed by atoms with van der Waals surface area (Å²) in [5, 5.41) is 21.6. The third kappa shape index (κ3) is 7.46. The molecule has 3 aromatic rings. The predicted octanol–water partition coefficient (Wildman–Crippen LogP) is 5.96. The van der Waals surface area contributed by atoms with E-state index in [-0.39, 0.29) is 12.3 Å². The normalized spacial score (nSPS) is 19.1. The summed E-state index contributed by atoms with van der Waals surface area (Å²) >= 11 is 1.90. The van der Waals surface area contributed by atoms with Gasteiger partial charge in [0.1, 0.15) is 5.75 Å². The molecule has 1 aliphatic heterocycles. The molecule has 198 valence electrons. The van der Waals surface area contributed by atoms with Crippen molar-refractivity contribution in [3.63, 3.8) is 0 Å². The molecule has 0 radical (unpaired) electrons. The number of aliphatic carboxylic acids is 1. The van der Waals surface area contributed by atoms with Gasteiger partial charge in [0.2, 0.25) is 0 Å². The van der Waals surface area contributed by atoms with Crippen LogP contribution in [0.3, 0.4) is 0 Å². The van der Waals surface area contributed by atoms with Gasteiger partial charge in [0.25, 0.3) is 0 Å². The monoisotopic (exact) mass is 522 g/mol. The van der Waals surface area contributed by atoms with Crippen molar-refractivity contribution in [1.29, 1.82) is 0 Å². The van der Waals surface area contributed by atoms with Gasteiger partial charge in [-0.05, 0) is 105 Å². The maximum atomic E-state index is 11.6. The zero-order valence-electron chi connectivity index (χ0n) is 21.8. The Kier molecular flexibility index (Phi) is 9.83. The van der Waals surface area contributed by atoms with Crippen molar-refractivity contribution in [2.75, 3.05) is 32.5 Å². The van der Waals surface area contributed by atoms with Gasteiger partial charge < -0.3 is 19.8 Å². The van der Waals surface area contributed by atoms with Gasteiger partial charge in [0.15, 0.2) is 0 Å². The molecule has 37 heavy (non-hydrogen) atoms. The third-order valence-corrected chi connectivity index (χ3v) is 8.80. The molecule has 0 spiro atoms. The fraction of sp³-hybridized carbons (Fsp3) is 0.467. The number of aliphatic hydroxyl groups excluding tert-OH is 1. The molecule has 1 saturated heterocycles. The highest BCUT2D eigenvalue weighted by molar-refractivity contribution is 7.99. The number of aryl methyl sites for hydroxylation is 1. The SMILES string of the molecule is COc1ccc2nccc([C@H](O)CC[C@@H]3CCN(CCCSc4ccccc4C)C[C@@H]3CC(=O)O)c2c1. The molecular weight excluding hydrogens is 484 g/mol. The summed E-state index contributed by atoms with van der Waals surface area (Å²) in [7, 11) is 1.63. The van der Waals surface area contributed by atoms with E-state index in [4.69, 9.17) is 4.74 Å². The number of hydrogen-bond donors (Lipinski definition) is 2. The largest absolute Gasteiger partial charge is 0.497 e. The van der Waals surface area contributed by atoms with Crippen LogP contribution in [0.4, 0.5) is 0 Å². The summed E-state index contributed by atoms with van der Waals surface area (Å²) in [5.41, 5.74) is 2.99. The molecule has 7 heteroatoms. The highest BCUT2D eigenvalue weighted by atomic mass is 32.2. The highest BCUT2D eigenvalue weighted by Gasteiger charge is 2.31. The van der Waals surface area contributed by atoms with Gasteiger partial charge in [-0.2, -0.15) is 0 Å². The molecule has 0 unspecified atom stereocenters. The number of hydrogen-bond acceptors (Lipinski definition) is 6. The average molecular weight is 523 g/mol. The zero-order valence-corrected chi connectivity index (χ0v) is 22.6. The van der Waals surface area contributed by atoms with E-state index in [2.05, 4.69) is 41.1 Å². The number of benzene rings is 2. The number of fused-ring (bicyclic) bond motifs is 1. The van der Waals surface area contributed by atoms with E-state index in [9.17, 15) is 15.0 Å². The first-order valence-electron chi connectivity index (χ1n) is 13.2. The summed E-state index contributed by atoms with van der Waals surface area (Å²) in [4.78, 5) is 19.8. The van der Waals surface area contributed by atoms with Crippen LogP contribution in [-0.2, 0) is 4.79 Å². The second kappa shape index (κ2) is 13.3. The molecule has 1 fully saturated rings. The van der Waals surface area contributed by atoms with Gasteiger partial charge in [0.05, 0.1) is 18.7 Å². The molecule has 0 amide bonds. The standard InChI is InChI=1S/C30H38N2O4S/c1-21-6-3-4-7-29(21)37-17-5-15-32-16-13-22(23(20-32)18-30(34)35)8-11-28(33)25-12-14-31-27-10-9-24(36-2)19-26(25)27/h3-4,6-7,9-10,12,14,19,22-23,28,33H,5,8,11,13,15-18,20H2,1-2H3,(H,34,35)/t22-,23+,28-/m1/s1. The molecule has 2 N–H and O–H groups in total. The Morgan fingerprint density at radius 2 is 2.05 bits per heavy atom.